The van der Waals surface area contributed by atoms with Crippen molar-refractivity contribution < 1.29 is 0 Å². The number of pyridine rings is 2. The lowest BCUT2D eigenvalue weighted by Crippen LogP contribution is -2.13. The first kappa shape index (κ1) is 32.6. The first-order chi connectivity index (χ1) is 25.8. The Kier molecular flexibility index (Phi) is 9.76. The van der Waals surface area contributed by atoms with E-state index in [4.69, 9.17) is 9.97 Å². The van der Waals surface area contributed by atoms with Gasteiger partial charge >= 0.3 is 0 Å². The van der Waals surface area contributed by atoms with Gasteiger partial charge in [-0.25, -0.2) is 9.97 Å². The quantitative estimate of drug-likeness (QED) is 0.161. The number of nitrogens with one attached hydrogen (secondary N) is 1. The number of benzene rings is 6. The third kappa shape index (κ3) is 7.32. The van der Waals surface area contributed by atoms with Gasteiger partial charge in [0, 0.05) is 42.3 Å². The molecule has 3 aromatic heterocycles. The standard InChI is InChI=1S/C34H25N4P.C12H11N/c1-3-13-25(14-4-1)38(26-15-5-2-6-16-26)39-34-24-12-20-30(36-34)29-19-11-23-33(35-29)37-31-21-9-7-17-27(31)28-18-8-10-22-32(28)37;1-3-7-11(8-4-1)13-12-9-5-2-6-10-12/h1-24,39H;1-10,13H. The summed E-state index contributed by atoms with van der Waals surface area (Å²) in [5, 5.41) is 5.75. The van der Waals surface area contributed by atoms with Crippen molar-refractivity contribution >= 4 is 58.7 Å². The molecule has 1 N–H and O–H groups in total. The summed E-state index contributed by atoms with van der Waals surface area (Å²) in [5.41, 5.74) is 9.53. The second-order valence-electron chi connectivity index (χ2n) is 12.1. The van der Waals surface area contributed by atoms with Crippen molar-refractivity contribution in [2.45, 2.75) is 0 Å². The van der Waals surface area contributed by atoms with Gasteiger partial charge in [-0.2, -0.15) is 0 Å². The van der Waals surface area contributed by atoms with Crippen LogP contribution in [0.4, 0.5) is 22.7 Å². The number of fused-ring (bicyclic) bond motifs is 3. The van der Waals surface area contributed by atoms with Gasteiger partial charge in [0.05, 0.1) is 27.9 Å². The van der Waals surface area contributed by atoms with Crippen LogP contribution in [0.5, 0.6) is 0 Å². The molecule has 0 spiro atoms. The molecule has 0 fully saturated rings. The van der Waals surface area contributed by atoms with Gasteiger partial charge in [-0.15, -0.1) is 0 Å². The van der Waals surface area contributed by atoms with E-state index in [1.807, 2.05) is 84.9 Å². The Hall–Kier alpha value is -6.55. The van der Waals surface area contributed by atoms with Crippen molar-refractivity contribution in [3.8, 4) is 17.2 Å². The van der Waals surface area contributed by atoms with Crippen LogP contribution < -0.4 is 15.4 Å². The van der Waals surface area contributed by atoms with Gasteiger partial charge in [0.1, 0.15) is 5.82 Å². The summed E-state index contributed by atoms with van der Waals surface area (Å²) in [6.45, 7) is 0. The van der Waals surface area contributed by atoms with Gasteiger partial charge in [0.25, 0.3) is 0 Å². The molecule has 0 saturated carbocycles. The molecule has 3 heterocycles. The number of rotatable bonds is 8. The zero-order valence-electron chi connectivity index (χ0n) is 28.4. The van der Waals surface area contributed by atoms with Crippen molar-refractivity contribution in [1.82, 2.24) is 14.5 Å². The molecule has 0 aliphatic rings. The Labute approximate surface area is 305 Å². The van der Waals surface area contributed by atoms with Crippen LogP contribution >= 0.6 is 8.73 Å². The monoisotopic (exact) mass is 689 g/mol. The normalized spacial score (nSPS) is 11.0. The van der Waals surface area contributed by atoms with Crippen LogP contribution in [0.2, 0.25) is 0 Å². The third-order valence-corrected chi connectivity index (χ3v) is 9.89. The molecule has 0 saturated heterocycles. The number of anilines is 4. The molecular weight excluding hydrogens is 654 g/mol. The molecule has 250 valence electrons. The first-order valence-corrected chi connectivity index (χ1v) is 18.2. The van der Waals surface area contributed by atoms with Gasteiger partial charge in [-0.1, -0.05) is 121 Å². The summed E-state index contributed by atoms with van der Waals surface area (Å²) < 4.78 is 4.56. The fourth-order valence-electron chi connectivity index (χ4n) is 6.26. The van der Waals surface area contributed by atoms with Crippen LogP contribution in [0.15, 0.2) is 206 Å². The minimum absolute atomic E-state index is 0.330. The van der Waals surface area contributed by atoms with Crippen molar-refractivity contribution in [1.29, 1.82) is 0 Å². The Morgan fingerprint density at radius 3 is 1.38 bits per heavy atom. The summed E-state index contributed by atoms with van der Waals surface area (Å²) >= 11 is 0. The summed E-state index contributed by atoms with van der Waals surface area (Å²) in [5.74, 6) is 0.884. The smallest absolute Gasteiger partial charge is 0.138 e. The maximum Gasteiger partial charge on any atom is 0.138 e. The maximum absolute atomic E-state index is 5.11. The lowest BCUT2D eigenvalue weighted by atomic mass is 10.2. The van der Waals surface area contributed by atoms with Gasteiger partial charge < -0.3 is 9.99 Å². The van der Waals surface area contributed by atoms with Crippen molar-refractivity contribution in [3.05, 3.63) is 206 Å². The lowest BCUT2D eigenvalue weighted by molar-refractivity contribution is 1.08. The van der Waals surface area contributed by atoms with E-state index in [1.165, 1.54) is 10.8 Å². The molecule has 52 heavy (non-hydrogen) atoms. The summed E-state index contributed by atoms with van der Waals surface area (Å²) in [4.78, 5) is 10.2. The van der Waals surface area contributed by atoms with Crippen LogP contribution in [0.25, 0.3) is 39.0 Å². The van der Waals surface area contributed by atoms with E-state index in [1.54, 1.807) is 0 Å². The number of hydrogen-bond donors (Lipinski definition) is 1. The Morgan fingerprint density at radius 2 is 0.846 bits per heavy atom. The SMILES string of the molecule is c1ccc(N(Pc2cccc(-c3cccc(-n4c5ccccc5c5ccccc54)n3)n2)c2ccccc2)cc1.c1ccc(Nc2ccccc2)cc1. The average Bonchev–Trinajstić information content (AvgIpc) is 3.56. The molecule has 0 aliphatic heterocycles. The van der Waals surface area contributed by atoms with Crippen LogP contribution in [-0.4, -0.2) is 14.5 Å². The Balaban J connectivity index is 0.000000250. The van der Waals surface area contributed by atoms with Crippen LogP contribution in [0, 0.1) is 0 Å². The number of hydrogen-bond acceptors (Lipinski definition) is 4. The summed E-state index contributed by atoms with van der Waals surface area (Å²) in [7, 11) is 0.330. The van der Waals surface area contributed by atoms with E-state index in [9.17, 15) is 0 Å². The number of nitrogens with zero attached hydrogens (tertiary/aromatic N) is 4. The highest BCUT2D eigenvalue weighted by Gasteiger charge is 2.15. The highest BCUT2D eigenvalue weighted by Crippen LogP contribution is 2.36. The molecule has 6 heteroatoms. The first-order valence-electron chi connectivity index (χ1n) is 17.3. The van der Waals surface area contributed by atoms with Crippen molar-refractivity contribution in [2.24, 2.45) is 0 Å². The molecule has 5 nitrogen and oxygen atoms in total. The van der Waals surface area contributed by atoms with Gasteiger partial charge in [0.2, 0.25) is 0 Å². The number of aromatic nitrogens is 3. The minimum Gasteiger partial charge on any atom is -0.356 e. The second kappa shape index (κ2) is 15.6. The zero-order valence-corrected chi connectivity index (χ0v) is 29.4. The fourth-order valence-corrected chi connectivity index (χ4v) is 7.38. The molecular formula is C46H36N5P. The Morgan fingerprint density at radius 1 is 0.404 bits per heavy atom. The predicted molar refractivity (Wildman–Crippen MR) is 221 cm³/mol. The molecule has 1 atom stereocenters. The molecule has 0 bridgehead atoms. The largest absolute Gasteiger partial charge is 0.356 e. The van der Waals surface area contributed by atoms with Crippen LogP contribution in [0.1, 0.15) is 0 Å². The molecule has 0 radical (unpaired) electrons. The molecule has 9 rings (SSSR count). The highest BCUT2D eigenvalue weighted by atomic mass is 31.1. The van der Waals surface area contributed by atoms with Crippen molar-refractivity contribution in [3.63, 3.8) is 0 Å². The van der Waals surface area contributed by atoms with E-state index >= 15 is 0 Å². The molecule has 1 unspecified atom stereocenters. The van der Waals surface area contributed by atoms with E-state index in [2.05, 4.69) is 136 Å². The summed E-state index contributed by atoms with van der Waals surface area (Å²) in [6.07, 6.45) is 0. The Bertz CT molecular complexity index is 2390. The van der Waals surface area contributed by atoms with E-state index < -0.39 is 0 Å². The van der Waals surface area contributed by atoms with Gasteiger partial charge in [-0.05, 0) is 84.9 Å². The van der Waals surface area contributed by atoms with E-state index in [0.29, 0.717) is 8.73 Å². The van der Waals surface area contributed by atoms with Crippen LogP contribution in [-0.2, 0) is 0 Å². The van der Waals surface area contributed by atoms with Gasteiger partial charge in [0.15, 0.2) is 0 Å². The maximum atomic E-state index is 5.11. The summed E-state index contributed by atoms with van der Waals surface area (Å²) in [6, 6.07) is 70.6. The highest BCUT2D eigenvalue weighted by molar-refractivity contribution is 7.49. The third-order valence-electron chi connectivity index (χ3n) is 8.65. The predicted octanol–water partition coefficient (Wildman–Crippen LogP) is 11.7. The minimum atomic E-state index is 0.330. The molecule has 0 aliphatic carbocycles. The molecule has 0 amide bonds. The molecule has 6 aromatic carbocycles. The van der Waals surface area contributed by atoms with E-state index in [0.717, 1.165) is 56.4 Å². The average molecular weight is 690 g/mol. The molecule has 9 aromatic rings. The van der Waals surface area contributed by atoms with Gasteiger partial charge in [-0.3, -0.25) is 4.57 Å². The second-order valence-corrected chi connectivity index (χ2v) is 13.3. The zero-order chi connectivity index (χ0) is 35.0. The van der Waals surface area contributed by atoms with E-state index in [-0.39, 0.29) is 0 Å². The fraction of sp³-hybridized carbons (Fsp3) is 0. The lowest BCUT2D eigenvalue weighted by Gasteiger charge is -2.24. The van der Waals surface area contributed by atoms with Crippen LogP contribution in [0.3, 0.4) is 0 Å². The number of para-hydroxylation sites is 6. The van der Waals surface area contributed by atoms with Crippen molar-refractivity contribution in [2.75, 3.05) is 9.99 Å². The topological polar surface area (TPSA) is 46.0 Å².